The molecule has 3 rings (SSSR count). The fraction of sp³-hybridized carbons (Fsp3) is 0.350. The molecule has 1 fully saturated rings. The number of esters is 1. The van der Waals surface area contributed by atoms with Crippen molar-refractivity contribution in [1.82, 2.24) is 0 Å². The van der Waals surface area contributed by atoms with Crippen molar-refractivity contribution in [2.75, 3.05) is 0 Å². The topological polar surface area (TPSA) is 44.8 Å². The summed E-state index contributed by atoms with van der Waals surface area (Å²) in [5.41, 5.74) is 2.08. The second-order valence-corrected chi connectivity index (χ2v) is 5.86. The summed E-state index contributed by atoms with van der Waals surface area (Å²) < 4.78 is 17.3. The Hall–Kier alpha value is -2.17. The Bertz CT molecular complexity index is 641. The van der Waals surface area contributed by atoms with Crippen LogP contribution in [0, 0.1) is 0 Å². The fourth-order valence-electron chi connectivity index (χ4n) is 2.81. The van der Waals surface area contributed by atoms with Gasteiger partial charge in [0.05, 0.1) is 13.2 Å². The highest BCUT2D eigenvalue weighted by atomic mass is 16.6. The van der Waals surface area contributed by atoms with Gasteiger partial charge in [-0.1, -0.05) is 67.6 Å². The van der Waals surface area contributed by atoms with Crippen LogP contribution in [0.5, 0.6) is 0 Å². The van der Waals surface area contributed by atoms with Crippen molar-refractivity contribution in [3.05, 3.63) is 71.8 Å². The Kier molecular flexibility index (Phi) is 5.62. The third-order valence-corrected chi connectivity index (χ3v) is 4.12. The van der Waals surface area contributed by atoms with Gasteiger partial charge in [-0.2, -0.15) is 0 Å². The predicted octanol–water partition coefficient (Wildman–Crippen LogP) is 3.49. The molecule has 0 bridgehead atoms. The van der Waals surface area contributed by atoms with Crippen LogP contribution in [0.4, 0.5) is 0 Å². The minimum Gasteiger partial charge on any atom is -0.457 e. The van der Waals surface area contributed by atoms with Gasteiger partial charge in [-0.15, -0.1) is 0 Å². The number of carbonyl (C=O) groups is 1. The standard InChI is InChI=1S/C20H22O4/c1-2-17-18(22-13-15-9-5-3-6-10-15)19(20(21)24-17)23-14-16-11-7-4-8-12-16/h3-12,17-19H,2,13-14H2,1H3/t17-,18?,19+/m1/s1. The van der Waals surface area contributed by atoms with Gasteiger partial charge in [0.1, 0.15) is 12.2 Å². The van der Waals surface area contributed by atoms with E-state index in [1.165, 1.54) is 0 Å². The summed E-state index contributed by atoms with van der Waals surface area (Å²) in [5, 5.41) is 0. The molecule has 4 heteroatoms. The van der Waals surface area contributed by atoms with Crippen LogP contribution in [-0.4, -0.2) is 24.3 Å². The average molecular weight is 326 g/mol. The zero-order valence-electron chi connectivity index (χ0n) is 13.8. The highest BCUT2D eigenvalue weighted by Crippen LogP contribution is 2.26. The van der Waals surface area contributed by atoms with Crippen molar-refractivity contribution in [3.63, 3.8) is 0 Å². The third-order valence-electron chi connectivity index (χ3n) is 4.12. The molecule has 0 N–H and O–H groups in total. The highest BCUT2D eigenvalue weighted by molar-refractivity contribution is 5.78. The molecule has 1 aliphatic rings. The highest BCUT2D eigenvalue weighted by Gasteiger charge is 2.45. The molecule has 0 saturated carbocycles. The summed E-state index contributed by atoms with van der Waals surface area (Å²) in [7, 11) is 0. The molecule has 4 nitrogen and oxygen atoms in total. The number of hydrogen-bond donors (Lipinski definition) is 0. The number of ether oxygens (including phenoxy) is 3. The fourth-order valence-corrected chi connectivity index (χ4v) is 2.81. The molecule has 3 atom stereocenters. The largest absolute Gasteiger partial charge is 0.457 e. The first kappa shape index (κ1) is 16.7. The predicted molar refractivity (Wildman–Crippen MR) is 90.2 cm³/mol. The summed E-state index contributed by atoms with van der Waals surface area (Å²) in [6, 6.07) is 19.7. The monoisotopic (exact) mass is 326 g/mol. The third kappa shape index (κ3) is 4.02. The Morgan fingerprint density at radius 3 is 1.96 bits per heavy atom. The molecule has 126 valence electrons. The minimum absolute atomic E-state index is 0.262. The van der Waals surface area contributed by atoms with Crippen molar-refractivity contribution < 1.29 is 19.0 Å². The van der Waals surface area contributed by atoms with Gasteiger partial charge in [-0.3, -0.25) is 0 Å². The minimum atomic E-state index is -0.682. The van der Waals surface area contributed by atoms with Crippen LogP contribution in [0.15, 0.2) is 60.7 Å². The molecule has 0 spiro atoms. The van der Waals surface area contributed by atoms with Crippen molar-refractivity contribution in [2.24, 2.45) is 0 Å². The SMILES string of the molecule is CC[C@H]1OC(=O)[C@@H](OCc2ccccc2)C1OCc1ccccc1. The van der Waals surface area contributed by atoms with E-state index in [2.05, 4.69) is 0 Å². The lowest BCUT2D eigenvalue weighted by atomic mass is 10.1. The number of rotatable bonds is 7. The maximum atomic E-state index is 12.2. The lowest BCUT2D eigenvalue weighted by molar-refractivity contribution is -0.151. The van der Waals surface area contributed by atoms with E-state index in [4.69, 9.17) is 14.2 Å². The molecule has 1 heterocycles. The summed E-state index contributed by atoms with van der Waals surface area (Å²) in [6.45, 7) is 2.78. The normalized spacial score (nSPS) is 23.2. The lowest BCUT2D eigenvalue weighted by Gasteiger charge is -2.21. The number of hydrogen-bond acceptors (Lipinski definition) is 4. The van der Waals surface area contributed by atoms with Crippen LogP contribution >= 0.6 is 0 Å². The summed E-state index contributed by atoms with van der Waals surface area (Å²) >= 11 is 0. The Labute approximate surface area is 142 Å². The molecule has 24 heavy (non-hydrogen) atoms. The van der Waals surface area contributed by atoms with Crippen molar-refractivity contribution in [2.45, 2.75) is 44.9 Å². The zero-order valence-corrected chi connectivity index (χ0v) is 13.8. The van der Waals surface area contributed by atoms with Gasteiger partial charge in [0.15, 0.2) is 6.10 Å². The van der Waals surface area contributed by atoms with Crippen LogP contribution in [-0.2, 0) is 32.2 Å². The molecule has 0 aliphatic carbocycles. The molecular weight excluding hydrogens is 304 g/mol. The lowest BCUT2D eigenvalue weighted by Crippen LogP contribution is -2.36. The van der Waals surface area contributed by atoms with Crippen LogP contribution < -0.4 is 0 Å². The number of benzene rings is 2. The van der Waals surface area contributed by atoms with Crippen molar-refractivity contribution in [1.29, 1.82) is 0 Å². The van der Waals surface area contributed by atoms with Gasteiger partial charge >= 0.3 is 5.97 Å². The van der Waals surface area contributed by atoms with Crippen LogP contribution in [0.25, 0.3) is 0 Å². The van der Waals surface area contributed by atoms with E-state index in [9.17, 15) is 4.79 Å². The summed E-state index contributed by atoms with van der Waals surface area (Å²) in [6.07, 6.45) is -0.622. The molecule has 0 radical (unpaired) electrons. The molecule has 2 aromatic rings. The van der Waals surface area contributed by atoms with Crippen molar-refractivity contribution in [3.8, 4) is 0 Å². The molecular formula is C20H22O4. The van der Waals surface area contributed by atoms with Gasteiger partial charge < -0.3 is 14.2 Å². The van der Waals surface area contributed by atoms with E-state index in [0.29, 0.717) is 19.6 Å². The van der Waals surface area contributed by atoms with E-state index in [1.807, 2.05) is 67.6 Å². The van der Waals surface area contributed by atoms with E-state index in [0.717, 1.165) is 11.1 Å². The van der Waals surface area contributed by atoms with Crippen molar-refractivity contribution >= 4 is 5.97 Å². The molecule has 0 amide bonds. The maximum absolute atomic E-state index is 12.2. The van der Waals surface area contributed by atoms with E-state index >= 15 is 0 Å². The zero-order chi connectivity index (χ0) is 16.8. The van der Waals surface area contributed by atoms with E-state index < -0.39 is 6.10 Å². The quantitative estimate of drug-likeness (QED) is 0.731. The molecule has 1 saturated heterocycles. The second-order valence-electron chi connectivity index (χ2n) is 5.86. The van der Waals surface area contributed by atoms with Gasteiger partial charge in [-0.05, 0) is 17.5 Å². The molecule has 0 aromatic heterocycles. The Morgan fingerprint density at radius 1 is 0.875 bits per heavy atom. The van der Waals surface area contributed by atoms with Gasteiger partial charge in [-0.25, -0.2) is 4.79 Å². The smallest absolute Gasteiger partial charge is 0.338 e. The first-order valence-electron chi connectivity index (χ1n) is 8.29. The number of cyclic esters (lactones) is 1. The van der Waals surface area contributed by atoms with Crippen LogP contribution in [0.1, 0.15) is 24.5 Å². The summed E-state index contributed by atoms with van der Waals surface area (Å²) in [4.78, 5) is 12.2. The first-order valence-corrected chi connectivity index (χ1v) is 8.29. The van der Waals surface area contributed by atoms with E-state index in [1.54, 1.807) is 0 Å². The van der Waals surface area contributed by atoms with E-state index in [-0.39, 0.29) is 18.2 Å². The number of carbonyl (C=O) groups excluding carboxylic acids is 1. The molecule has 1 unspecified atom stereocenters. The Morgan fingerprint density at radius 2 is 1.42 bits per heavy atom. The van der Waals surface area contributed by atoms with Crippen LogP contribution in [0.2, 0.25) is 0 Å². The molecule has 1 aliphatic heterocycles. The van der Waals surface area contributed by atoms with Gasteiger partial charge in [0.25, 0.3) is 0 Å². The van der Waals surface area contributed by atoms with Gasteiger partial charge in [0, 0.05) is 0 Å². The van der Waals surface area contributed by atoms with Crippen LogP contribution in [0.3, 0.4) is 0 Å². The Balaban J connectivity index is 1.64. The first-order chi connectivity index (χ1) is 11.8. The van der Waals surface area contributed by atoms with Gasteiger partial charge in [0.2, 0.25) is 0 Å². The molecule has 2 aromatic carbocycles. The average Bonchev–Trinajstić information content (AvgIpc) is 2.94. The summed E-state index contributed by atoms with van der Waals surface area (Å²) in [5.74, 6) is -0.337. The maximum Gasteiger partial charge on any atom is 0.338 e. The second kappa shape index (κ2) is 8.08.